The van der Waals surface area contributed by atoms with Crippen molar-refractivity contribution < 1.29 is 19.4 Å². The number of aliphatic hydroxyl groups is 1. The molecule has 0 aliphatic heterocycles. The number of carbonyl (C=O) groups is 1. The maximum Gasteiger partial charge on any atom is 0.150 e. The molecule has 1 aliphatic carbocycles. The first-order valence-electron chi connectivity index (χ1n) is 11.1. The first kappa shape index (κ1) is 22.1. The molecule has 0 heterocycles. The summed E-state index contributed by atoms with van der Waals surface area (Å²) in [5, 5.41) is 10.0. The molecule has 4 heteroatoms. The van der Waals surface area contributed by atoms with Crippen LogP contribution < -0.4 is 9.47 Å². The van der Waals surface area contributed by atoms with Gasteiger partial charge in [0, 0.05) is 12.0 Å². The summed E-state index contributed by atoms with van der Waals surface area (Å²) in [5.74, 6) is 1.59. The van der Waals surface area contributed by atoms with E-state index in [0.717, 1.165) is 47.3 Å². The number of rotatable bonds is 9. The number of benzene rings is 3. The highest BCUT2D eigenvalue weighted by atomic mass is 16.5. The SMILES string of the molecule is Cc1cc(OCCC2(O)CC2)cc(C)c1-c1cccc(COc2ccc(C=O)cc2)c1C. The first-order valence-corrected chi connectivity index (χ1v) is 11.1. The van der Waals surface area contributed by atoms with Crippen molar-refractivity contribution in [3.05, 3.63) is 82.4 Å². The summed E-state index contributed by atoms with van der Waals surface area (Å²) in [7, 11) is 0. The molecule has 1 aliphatic rings. The molecule has 1 N–H and O–H groups in total. The van der Waals surface area contributed by atoms with Crippen molar-refractivity contribution in [2.75, 3.05) is 6.61 Å². The highest BCUT2D eigenvalue weighted by molar-refractivity contribution is 5.76. The molecule has 0 atom stereocenters. The maximum absolute atomic E-state index is 10.8. The summed E-state index contributed by atoms with van der Waals surface area (Å²) in [5.41, 5.74) is 7.19. The van der Waals surface area contributed by atoms with Gasteiger partial charge in [-0.25, -0.2) is 0 Å². The van der Waals surface area contributed by atoms with E-state index in [2.05, 4.69) is 51.1 Å². The Balaban J connectivity index is 1.50. The van der Waals surface area contributed by atoms with Gasteiger partial charge >= 0.3 is 0 Å². The summed E-state index contributed by atoms with van der Waals surface area (Å²) >= 11 is 0. The van der Waals surface area contributed by atoms with Crippen molar-refractivity contribution >= 4 is 6.29 Å². The summed E-state index contributed by atoms with van der Waals surface area (Å²) < 4.78 is 11.9. The van der Waals surface area contributed by atoms with Gasteiger partial charge in [-0.15, -0.1) is 0 Å². The molecule has 0 bridgehead atoms. The number of carbonyl (C=O) groups excluding carboxylic acids is 1. The first-order chi connectivity index (χ1) is 15.4. The summed E-state index contributed by atoms with van der Waals surface area (Å²) in [6.45, 7) is 7.35. The Morgan fingerprint density at radius 3 is 2.25 bits per heavy atom. The maximum atomic E-state index is 10.8. The normalized spacial score (nSPS) is 14.1. The van der Waals surface area contributed by atoms with E-state index in [1.165, 1.54) is 16.7 Å². The van der Waals surface area contributed by atoms with E-state index >= 15 is 0 Å². The largest absolute Gasteiger partial charge is 0.493 e. The third kappa shape index (κ3) is 5.03. The molecule has 4 nitrogen and oxygen atoms in total. The third-order valence-electron chi connectivity index (χ3n) is 6.30. The van der Waals surface area contributed by atoms with Crippen LogP contribution in [0.2, 0.25) is 0 Å². The fraction of sp³-hybridized carbons (Fsp3) is 0.321. The monoisotopic (exact) mass is 430 g/mol. The van der Waals surface area contributed by atoms with Crippen molar-refractivity contribution in [2.24, 2.45) is 0 Å². The van der Waals surface area contributed by atoms with E-state index in [0.29, 0.717) is 25.2 Å². The standard InChI is InChI=1S/C28H30O4/c1-19-15-25(31-14-13-28(30)11-12-28)16-20(2)27(19)26-6-4-5-23(21(26)3)18-32-24-9-7-22(17-29)8-10-24/h4-10,15-17,30H,11-14,18H2,1-3H3. The predicted octanol–water partition coefficient (Wildman–Crippen LogP) is 5.96. The van der Waals surface area contributed by atoms with Gasteiger partial charge in [0.05, 0.1) is 12.2 Å². The lowest BCUT2D eigenvalue weighted by molar-refractivity contribution is 0.112. The number of aryl methyl sites for hydroxylation is 2. The molecule has 32 heavy (non-hydrogen) atoms. The lowest BCUT2D eigenvalue weighted by atomic mass is 9.90. The van der Waals surface area contributed by atoms with Gasteiger partial charge in [0.1, 0.15) is 24.4 Å². The molecule has 166 valence electrons. The Morgan fingerprint density at radius 1 is 0.938 bits per heavy atom. The highest BCUT2D eigenvalue weighted by Crippen LogP contribution is 2.39. The van der Waals surface area contributed by atoms with Crippen LogP contribution in [0.3, 0.4) is 0 Å². The third-order valence-corrected chi connectivity index (χ3v) is 6.30. The van der Waals surface area contributed by atoms with E-state index in [4.69, 9.17) is 9.47 Å². The fourth-order valence-electron chi connectivity index (χ4n) is 4.10. The number of hydrogen-bond donors (Lipinski definition) is 1. The average molecular weight is 431 g/mol. The molecule has 1 saturated carbocycles. The fourth-order valence-corrected chi connectivity index (χ4v) is 4.10. The van der Waals surface area contributed by atoms with Crippen LogP contribution in [-0.2, 0) is 6.61 Å². The van der Waals surface area contributed by atoms with Crippen LogP contribution in [0, 0.1) is 20.8 Å². The van der Waals surface area contributed by atoms with Gasteiger partial charge in [-0.2, -0.15) is 0 Å². The van der Waals surface area contributed by atoms with Crippen LogP contribution in [0.5, 0.6) is 11.5 Å². The van der Waals surface area contributed by atoms with Crippen LogP contribution >= 0.6 is 0 Å². The van der Waals surface area contributed by atoms with Crippen molar-refractivity contribution in [1.29, 1.82) is 0 Å². The minimum Gasteiger partial charge on any atom is -0.493 e. The van der Waals surface area contributed by atoms with Crippen molar-refractivity contribution in [2.45, 2.75) is 52.2 Å². The van der Waals surface area contributed by atoms with Gasteiger partial charge in [0.25, 0.3) is 0 Å². The smallest absolute Gasteiger partial charge is 0.150 e. The molecule has 0 aromatic heterocycles. The second kappa shape index (κ2) is 9.17. The minimum atomic E-state index is -0.486. The molecule has 3 aromatic rings. The second-order valence-corrected chi connectivity index (χ2v) is 8.82. The number of aldehydes is 1. The van der Waals surface area contributed by atoms with E-state index in [1.54, 1.807) is 12.1 Å². The molecule has 1 fully saturated rings. The van der Waals surface area contributed by atoms with Gasteiger partial charge in [-0.1, -0.05) is 18.2 Å². The zero-order valence-corrected chi connectivity index (χ0v) is 19.0. The van der Waals surface area contributed by atoms with Crippen LogP contribution in [0.4, 0.5) is 0 Å². The van der Waals surface area contributed by atoms with Gasteiger partial charge in [0.2, 0.25) is 0 Å². The van der Waals surface area contributed by atoms with Gasteiger partial charge < -0.3 is 14.6 Å². The van der Waals surface area contributed by atoms with E-state index in [9.17, 15) is 9.90 Å². The Labute approximate surface area is 189 Å². The molecule has 0 saturated heterocycles. The molecule has 0 spiro atoms. The van der Waals surface area contributed by atoms with E-state index < -0.39 is 5.60 Å². The highest BCUT2D eigenvalue weighted by Gasteiger charge is 2.39. The zero-order chi connectivity index (χ0) is 22.7. The van der Waals surface area contributed by atoms with Crippen LogP contribution in [0.1, 0.15) is 51.9 Å². The quantitative estimate of drug-likeness (QED) is 0.425. The average Bonchev–Trinajstić information content (AvgIpc) is 3.51. The molecule has 0 amide bonds. The van der Waals surface area contributed by atoms with Gasteiger partial charge in [-0.05, 0) is 103 Å². The lowest BCUT2D eigenvalue weighted by Gasteiger charge is -2.18. The van der Waals surface area contributed by atoms with Crippen LogP contribution in [0.15, 0.2) is 54.6 Å². The Morgan fingerprint density at radius 2 is 1.62 bits per heavy atom. The van der Waals surface area contributed by atoms with Crippen LogP contribution in [-0.4, -0.2) is 23.6 Å². The lowest BCUT2D eigenvalue weighted by Crippen LogP contribution is -2.12. The molecule has 4 rings (SSSR count). The zero-order valence-electron chi connectivity index (χ0n) is 19.0. The summed E-state index contributed by atoms with van der Waals surface area (Å²) in [6, 6.07) is 17.6. The number of ether oxygens (including phenoxy) is 2. The summed E-state index contributed by atoms with van der Waals surface area (Å²) in [4.78, 5) is 10.8. The number of hydrogen-bond acceptors (Lipinski definition) is 4. The van der Waals surface area contributed by atoms with Gasteiger partial charge in [-0.3, -0.25) is 4.79 Å². The van der Waals surface area contributed by atoms with Crippen molar-refractivity contribution in [1.82, 2.24) is 0 Å². The van der Waals surface area contributed by atoms with E-state index in [-0.39, 0.29) is 0 Å². The van der Waals surface area contributed by atoms with Crippen molar-refractivity contribution in [3.8, 4) is 22.6 Å². The Kier molecular flexibility index (Phi) is 6.33. The summed E-state index contributed by atoms with van der Waals surface area (Å²) in [6.07, 6.45) is 3.29. The molecular formula is C28H30O4. The topological polar surface area (TPSA) is 55.8 Å². The molecule has 3 aromatic carbocycles. The van der Waals surface area contributed by atoms with E-state index in [1.807, 2.05) is 12.1 Å². The molecular weight excluding hydrogens is 400 g/mol. The predicted molar refractivity (Wildman–Crippen MR) is 127 cm³/mol. The van der Waals surface area contributed by atoms with Crippen LogP contribution in [0.25, 0.3) is 11.1 Å². The second-order valence-electron chi connectivity index (χ2n) is 8.82. The van der Waals surface area contributed by atoms with Gasteiger partial charge in [0.15, 0.2) is 0 Å². The molecule has 0 radical (unpaired) electrons. The molecule has 0 unspecified atom stereocenters. The Bertz CT molecular complexity index is 1090. The Hall–Kier alpha value is -3.11. The van der Waals surface area contributed by atoms with Crippen molar-refractivity contribution in [3.63, 3.8) is 0 Å². The minimum absolute atomic E-state index is 0.461.